The lowest BCUT2D eigenvalue weighted by Gasteiger charge is -2.23. The number of benzene rings is 2. The predicted octanol–water partition coefficient (Wildman–Crippen LogP) is 2.49. The largest absolute Gasteiger partial charge is 0.465 e. The number of hydrogen-bond donors (Lipinski definition) is 0. The van der Waals surface area contributed by atoms with Crippen LogP contribution in [0.5, 0.6) is 0 Å². The fraction of sp³-hybridized carbons (Fsp3) is 0.188. The molecule has 0 amide bonds. The topological polar surface area (TPSA) is 107 Å². The molecule has 0 unspecified atom stereocenters. The van der Waals surface area contributed by atoms with Gasteiger partial charge in [0, 0.05) is 12.1 Å². The minimum Gasteiger partial charge on any atom is -0.465 e. The minimum absolute atomic E-state index is 0.0399. The highest BCUT2D eigenvalue weighted by atomic mass is 32.2. The van der Waals surface area contributed by atoms with E-state index in [0.29, 0.717) is 4.31 Å². The van der Waals surface area contributed by atoms with Crippen molar-refractivity contribution in [3.05, 3.63) is 64.5 Å². The first-order valence-electron chi connectivity index (χ1n) is 7.44. The third kappa shape index (κ3) is 4.33. The van der Waals surface area contributed by atoms with Gasteiger partial charge in [0.15, 0.2) is 0 Å². The third-order valence-electron chi connectivity index (χ3n) is 3.31. The molecule has 0 aliphatic carbocycles. The van der Waals surface area contributed by atoms with Gasteiger partial charge in [0.2, 0.25) is 0 Å². The number of hydrogen-bond acceptors (Lipinski definition) is 6. The van der Waals surface area contributed by atoms with E-state index in [1.165, 1.54) is 18.2 Å². The number of carbonyl (C=O) groups excluding carboxylic acids is 1. The Bertz CT molecular complexity index is 915. The second-order valence-corrected chi connectivity index (χ2v) is 6.91. The zero-order valence-corrected chi connectivity index (χ0v) is 14.5. The molecule has 0 saturated carbocycles. The van der Waals surface area contributed by atoms with E-state index in [9.17, 15) is 27.7 Å². The van der Waals surface area contributed by atoms with Crippen LogP contribution in [0.15, 0.2) is 53.4 Å². The lowest BCUT2D eigenvalue weighted by molar-refractivity contribution is -0.384. The maximum Gasteiger partial charge on any atom is 0.326 e. The van der Waals surface area contributed by atoms with Gasteiger partial charge in [0.25, 0.3) is 15.7 Å². The molecule has 0 heterocycles. The minimum atomic E-state index is -4.28. The normalized spacial score (nSPS) is 11.0. The molecule has 26 heavy (non-hydrogen) atoms. The van der Waals surface area contributed by atoms with Crippen molar-refractivity contribution < 1.29 is 27.3 Å². The molecule has 138 valence electrons. The smallest absolute Gasteiger partial charge is 0.326 e. The number of esters is 1. The number of halogens is 1. The standard InChI is InChI=1S/C16H15FN2O6S/c1-2-25-16(20)11-18(13-4-3-5-14(10-13)19(21)22)26(23,24)15-8-6-12(17)7-9-15/h3-10H,2,11H2,1H3. The molecule has 10 heteroatoms. The number of non-ortho nitro benzene ring substituents is 1. The van der Waals surface area contributed by atoms with Crippen molar-refractivity contribution in [2.75, 3.05) is 17.5 Å². The van der Waals surface area contributed by atoms with Crippen LogP contribution in [0.4, 0.5) is 15.8 Å². The first-order chi connectivity index (χ1) is 12.3. The van der Waals surface area contributed by atoms with Gasteiger partial charge in [-0.15, -0.1) is 0 Å². The molecular formula is C16H15FN2O6S. The molecule has 0 spiro atoms. The molecule has 0 aliphatic heterocycles. The molecule has 0 saturated heterocycles. The van der Waals surface area contributed by atoms with Gasteiger partial charge in [-0.3, -0.25) is 19.2 Å². The second-order valence-electron chi connectivity index (χ2n) is 5.05. The maximum atomic E-state index is 13.1. The van der Waals surface area contributed by atoms with Crippen LogP contribution in [0.2, 0.25) is 0 Å². The molecule has 2 aromatic rings. The van der Waals surface area contributed by atoms with Gasteiger partial charge >= 0.3 is 5.97 Å². The Labute approximate surface area is 149 Å². The van der Waals surface area contributed by atoms with E-state index < -0.39 is 33.3 Å². The summed E-state index contributed by atoms with van der Waals surface area (Å²) in [5, 5.41) is 11.0. The third-order valence-corrected chi connectivity index (χ3v) is 5.10. The summed E-state index contributed by atoms with van der Waals surface area (Å²) >= 11 is 0. The number of nitro groups is 1. The summed E-state index contributed by atoms with van der Waals surface area (Å²) in [5.41, 5.74) is -0.428. The van der Waals surface area contributed by atoms with Crippen molar-refractivity contribution >= 4 is 27.4 Å². The summed E-state index contributed by atoms with van der Waals surface area (Å²) in [6, 6.07) is 8.84. The van der Waals surface area contributed by atoms with E-state index in [-0.39, 0.29) is 22.9 Å². The van der Waals surface area contributed by atoms with Crippen LogP contribution in [0.25, 0.3) is 0 Å². The number of anilines is 1. The summed E-state index contributed by atoms with van der Waals surface area (Å²) in [4.78, 5) is 21.9. The summed E-state index contributed by atoms with van der Waals surface area (Å²) in [6.07, 6.45) is 0. The SMILES string of the molecule is CCOC(=O)CN(c1cccc([N+](=O)[O-])c1)S(=O)(=O)c1ccc(F)cc1. The monoisotopic (exact) mass is 382 g/mol. The number of sulfonamides is 1. The molecule has 0 bridgehead atoms. The number of carbonyl (C=O) groups is 1. The van der Waals surface area contributed by atoms with Crippen LogP contribution in [0, 0.1) is 15.9 Å². The summed E-state index contributed by atoms with van der Waals surface area (Å²) < 4.78 is 44.3. The van der Waals surface area contributed by atoms with Gasteiger partial charge in [-0.1, -0.05) is 6.07 Å². The fourth-order valence-electron chi connectivity index (χ4n) is 2.13. The van der Waals surface area contributed by atoms with Crippen LogP contribution < -0.4 is 4.31 Å². The van der Waals surface area contributed by atoms with Crippen molar-refractivity contribution in [2.24, 2.45) is 0 Å². The van der Waals surface area contributed by atoms with Gasteiger partial charge < -0.3 is 4.74 Å². The molecule has 0 aromatic heterocycles. The Morgan fingerprint density at radius 3 is 2.46 bits per heavy atom. The van der Waals surface area contributed by atoms with E-state index in [1.54, 1.807) is 6.92 Å². The molecule has 0 fully saturated rings. The average Bonchev–Trinajstić information content (AvgIpc) is 2.60. The molecule has 0 N–H and O–H groups in total. The van der Waals surface area contributed by atoms with E-state index >= 15 is 0 Å². The Morgan fingerprint density at radius 2 is 1.88 bits per heavy atom. The van der Waals surface area contributed by atoms with Crippen molar-refractivity contribution in [2.45, 2.75) is 11.8 Å². The van der Waals surface area contributed by atoms with Gasteiger partial charge in [-0.2, -0.15) is 0 Å². The Kier molecular flexibility index (Phi) is 5.88. The highest BCUT2D eigenvalue weighted by molar-refractivity contribution is 7.92. The average molecular weight is 382 g/mol. The lowest BCUT2D eigenvalue weighted by Crippen LogP contribution is -2.36. The Hall–Kier alpha value is -3.01. The number of nitro benzene ring substituents is 1. The van der Waals surface area contributed by atoms with Crippen LogP contribution in [0.1, 0.15) is 6.92 Å². The molecule has 0 atom stereocenters. The fourth-order valence-corrected chi connectivity index (χ4v) is 3.54. The van der Waals surface area contributed by atoms with E-state index in [0.717, 1.165) is 30.3 Å². The molecule has 2 aromatic carbocycles. The van der Waals surface area contributed by atoms with Gasteiger partial charge in [-0.05, 0) is 37.3 Å². The van der Waals surface area contributed by atoms with Gasteiger partial charge in [0.05, 0.1) is 22.1 Å². The van der Waals surface area contributed by atoms with Crippen molar-refractivity contribution in [1.82, 2.24) is 0 Å². The van der Waals surface area contributed by atoms with Crippen molar-refractivity contribution in [3.63, 3.8) is 0 Å². The number of ether oxygens (including phenoxy) is 1. The Balaban J connectivity index is 2.53. The molecular weight excluding hydrogens is 367 g/mol. The Morgan fingerprint density at radius 1 is 1.23 bits per heavy atom. The zero-order chi connectivity index (χ0) is 19.3. The van der Waals surface area contributed by atoms with E-state index in [1.807, 2.05) is 0 Å². The molecule has 0 aliphatic rings. The van der Waals surface area contributed by atoms with Crippen LogP contribution in [-0.2, 0) is 19.6 Å². The van der Waals surface area contributed by atoms with Crippen molar-refractivity contribution in [3.8, 4) is 0 Å². The lowest BCUT2D eigenvalue weighted by atomic mass is 10.3. The summed E-state index contributed by atoms with van der Waals surface area (Å²) in [6.45, 7) is 0.914. The van der Waals surface area contributed by atoms with Crippen LogP contribution >= 0.6 is 0 Å². The first kappa shape index (κ1) is 19.3. The molecule has 8 nitrogen and oxygen atoms in total. The van der Waals surface area contributed by atoms with Gasteiger partial charge in [0.1, 0.15) is 12.4 Å². The molecule has 2 rings (SSSR count). The number of rotatable bonds is 7. The van der Waals surface area contributed by atoms with Crippen molar-refractivity contribution in [1.29, 1.82) is 0 Å². The highest BCUT2D eigenvalue weighted by Gasteiger charge is 2.28. The maximum absolute atomic E-state index is 13.1. The van der Waals surface area contributed by atoms with Crippen LogP contribution in [0.3, 0.4) is 0 Å². The predicted molar refractivity (Wildman–Crippen MR) is 90.7 cm³/mol. The summed E-state index contributed by atoms with van der Waals surface area (Å²) in [7, 11) is -4.28. The van der Waals surface area contributed by atoms with E-state index in [2.05, 4.69) is 0 Å². The molecule has 0 radical (unpaired) electrons. The highest BCUT2D eigenvalue weighted by Crippen LogP contribution is 2.27. The quantitative estimate of drug-likeness (QED) is 0.414. The zero-order valence-electron chi connectivity index (χ0n) is 13.7. The number of nitrogens with zero attached hydrogens (tertiary/aromatic N) is 2. The van der Waals surface area contributed by atoms with Crippen LogP contribution in [-0.4, -0.2) is 32.5 Å². The van der Waals surface area contributed by atoms with E-state index in [4.69, 9.17) is 4.74 Å². The first-order valence-corrected chi connectivity index (χ1v) is 8.88. The van der Waals surface area contributed by atoms with Gasteiger partial charge in [-0.25, -0.2) is 12.8 Å². The second kappa shape index (κ2) is 7.91. The summed E-state index contributed by atoms with van der Waals surface area (Å²) in [5.74, 6) is -1.46.